The van der Waals surface area contributed by atoms with Gasteiger partial charge in [0, 0.05) is 10.9 Å². The average Bonchev–Trinajstić information content (AvgIpc) is 3.04. The van der Waals surface area contributed by atoms with E-state index in [2.05, 4.69) is 0 Å². The van der Waals surface area contributed by atoms with Gasteiger partial charge in [-0.3, -0.25) is 9.59 Å². The number of carbonyl (C=O) groups excluding carboxylic acids is 2. The SMILES string of the molecule is C[C@@H](O)C12c3ccccc3C(c3ccccc31)[C@@H]1C(=O)N(c3cccc(Cl)c3)C(=O)[C@@H]12. The van der Waals surface area contributed by atoms with E-state index in [0.717, 1.165) is 22.3 Å². The van der Waals surface area contributed by atoms with E-state index in [1.807, 2.05) is 48.5 Å². The van der Waals surface area contributed by atoms with Crippen molar-refractivity contribution < 1.29 is 14.7 Å². The molecule has 1 fully saturated rings. The summed E-state index contributed by atoms with van der Waals surface area (Å²) in [5.74, 6) is -1.96. The van der Waals surface area contributed by atoms with Crippen LogP contribution in [0.2, 0.25) is 5.02 Å². The van der Waals surface area contributed by atoms with Gasteiger partial charge in [-0.2, -0.15) is 0 Å². The normalized spacial score (nSPS) is 28.9. The topological polar surface area (TPSA) is 57.6 Å². The second kappa shape index (κ2) is 6.28. The molecule has 2 amide bonds. The number of anilines is 1. The summed E-state index contributed by atoms with van der Waals surface area (Å²) in [6.07, 6.45) is -0.861. The second-order valence-corrected chi connectivity index (χ2v) is 9.13. The number of benzene rings is 3. The van der Waals surface area contributed by atoms with Crippen LogP contribution in [0.5, 0.6) is 0 Å². The van der Waals surface area contributed by atoms with E-state index in [9.17, 15) is 14.7 Å². The van der Waals surface area contributed by atoms with Gasteiger partial charge in [-0.05, 0) is 47.4 Å². The zero-order valence-corrected chi connectivity index (χ0v) is 17.6. The molecular weight excluding hydrogens is 410 g/mol. The Labute approximate surface area is 185 Å². The van der Waals surface area contributed by atoms with Crippen LogP contribution < -0.4 is 4.90 Å². The first-order valence-electron chi connectivity index (χ1n) is 10.5. The van der Waals surface area contributed by atoms with Crippen LogP contribution in [0.1, 0.15) is 35.1 Å². The lowest BCUT2D eigenvalue weighted by Gasteiger charge is -2.55. The van der Waals surface area contributed by atoms with Crippen LogP contribution in [0, 0.1) is 11.8 Å². The van der Waals surface area contributed by atoms with Gasteiger partial charge < -0.3 is 5.11 Å². The summed E-state index contributed by atoms with van der Waals surface area (Å²) in [6.45, 7) is 1.73. The van der Waals surface area contributed by atoms with Gasteiger partial charge in [0.15, 0.2) is 0 Å². The number of nitrogens with zero attached hydrogens (tertiary/aromatic N) is 1. The molecule has 1 saturated heterocycles. The molecule has 3 aromatic rings. The Bertz CT molecular complexity index is 1220. The molecule has 154 valence electrons. The molecule has 3 aromatic carbocycles. The molecule has 3 aliphatic carbocycles. The molecule has 0 saturated carbocycles. The van der Waals surface area contributed by atoms with E-state index in [1.54, 1.807) is 31.2 Å². The van der Waals surface area contributed by atoms with Gasteiger partial charge in [0.25, 0.3) is 0 Å². The van der Waals surface area contributed by atoms with Gasteiger partial charge in [0.2, 0.25) is 11.8 Å². The Hall–Kier alpha value is -2.95. The maximum absolute atomic E-state index is 13.9. The maximum atomic E-state index is 13.9. The number of imide groups is 1. The lowest BCUT2D eigenvalue weighted by molar-refractivity contribution is -0.126. The quantitative estimate of drug-likeness (QED) is 0.619. The Balaban J connectivity index is 1.67. The van der Waals surface area contributed by atoms with E-state index >= 15 is 0 Å². The van der Waals surface area contributed by atoms with Crippen molar-refractivity contribution in [1.29, 1.82) is 0 Å². The van der Waals surface area contributed by atoms with E-state index in [0.29, 0.717) is 10.7 Å². The minimum atomic E-state index is -0.979. The molecule has 0 radical (unpaired) electrons. The van der Waals surface area contributed by atoms with Crippen LogP contribution >= 0.6 is 11.6 Å². The third kappa shape index (κ3) is 2.14. The van der Waals surface area contributed by atoms with Crippen LogP contribution in [0.25, 0.3) is 0 Å². The lowest BCUT2D eigenvalue weighted by Crippen LogP contribution is -2.58. The molecule has 0 unspecified atom stereocenters. The van der Waals surface area contributed by atoms with Crippen molar-refractivity contribution in [1.82, 2.24) is 0 Å². The van der Waals surface area contributed by atoms with Crippen LogP contribution in [-0.4, -0.2) is 23.0 Å². The number of halogens is 1. The fraction of sp³-hybridized carbons (Fsp3) is 0.231. The van der Waals surface area contributed by atoms with Crippen molar-refractivity contribution in [2.24, 2.45) is 11.8 Å². The largest absolute Gasteiger partial charge is 0.392 e. The summed E-state index contributed by atoms with van der Waals surface area (Å²) in [5.41, 5.74) is 3.44. The molecule has 31 heavy (non-hydrogen) atoms. The minimum absolute atomic E-state index is 0.223. The maximum Gasteiger partial charge on any atom is 0.239 e. The Morgan fingerprint density at radius 1 is 0.903 bits per heavy atom. The van der Waals surface area contributed by atoms with Gasteiger partial charge in [-0.25, -0.2) is 4.90 Å². The summed E-state index contributed by atoms with van der Waals surface area (Å²) < 4.78 is 0. The van der Waals surface area contributed by atoms with Crippen molar-refractivity contribution in [3.63, 3.8) is 0 Å². The summed E-state index contributed by atoms with van der Waals surface area (Å²) in [5, 5.41) is 11.8. The first-order chi connectivity index (χ1) is 15.0. The van der Waals surface area contributed by atoms with E-state index < -0.39 is 23.4 Å². The minimum Gasteiger partial charge on any atom is -0.392 e. The third-order valence-electron chi connectivity index (χ3n) is 7.41. The van der Waals surface area contributed by atoms with Crippen molar-refractivity contribution in [2.45, 2.75) is 24.4 Å². The van der Waals surface area contributed by atoms with Crippen LogP contribution in [0.15, 0.2) is 72.8 Å². The van der Waals surface area contributed by atoms with Gasteiger partial charge in [-0.1, -0.05) is 66.2 Å². The van der Waals surface area contributed by atoms with Gasteiger partial charge in [-0.15, -0.1) is 0 Å². The number of hydrogen-bond donors (Lipinski definition) is 1. The second-order valence-electron chi connectivity index (χ2n) is 8.69. The third-order valence-corrected chi connectivity index (χ3v) is 7.64. The fourth-order valence-corrected chi connectivity index (χ4v) is 6.59. The van der Waals surface area contributed by atoms with Gasteiger partial charge >= 0.3 is 0 Å². The van der Waals surface area contributed by atoms with Gasteiger partial charge in [0.05, 0.1) is 29.0 Å². The van der Waals surface area contributed by atoms with Crippen LogP contribution in [-0.2, 0) is 15.0 Å². The average molecular weight is 430 g/mol. The zero-order valence-electron chi connectivity index (χ0n) is 16.8. The molecular formula is C26H20ClNO3. The zero-order chi connectivity index (χ0) is 21.5. The van der Waals surface area contributed by atoms with Crippen LogP contribution in [0.3, 0.4) is 0 Å². The van der Waals surface area contributed by atoms with E-state index in [1.165, 1.54) is 4.90 Å². The van der Waals surface area contributed by atoms with Crippen molar-refractivity contribution in [3.05, 3.63) is 100 Å². The van der Waals surface area contributed by atoms with Crippen molar-refractivity contribution >= 4 is 29.1 Å². The number of aliphatic hydroxyl groups excluding tert-OH is 1. The standard InChI is InChI=1S/C26H20ClNO3/c1-14(29)26-19-11-4-2-9-17(19)21(18-10-3-5-12-20(18)26)22-23(26)25(31)28(24(22)30)16-8-6-7-15(27)13-16/h2-14,21-23,29H,1H3/t14-,21?,22+,23-,26?/m1/s1. The molecule has 0 aromatic heterocycles. The molecule has 0 spiro atoms. The van der Waals surface area contributed by atoms with Crippen molar-refractivity contribution in [2.75, 3.05) is 4.90 Å². The molecule has 5 heteroatoms. The van der Waals surface area contributed by atoms with Gasteiger partial charge in [0.1, 0.15) is 0 Å². The summed E-state index contributed by atoms with van der Waals surface area (Å²) in [6, 6.07) is 22.7. The monoisotopic (exact) mass is 429 g/mol. The summed E-state index contributed by atoms with van der Waals surface area (Å²) in [7, 11) is 0. The molecule has 1 N–H and O–H groups in total. The van der Waals surface area contributed by atoms with E-state index in [-0.39, 0.29) is 17.7 Å². The number of rotatable bonds is 2. The first-order valence-corrected chi connectivity index (χ1v) is 10.9. The highest BCUT2D eigenvalue weighted by molar-refractivity contribution is 6.31. The number of amides is 2. The smallest absolute Gasteiger partial charge is 0.239 e. The first kappa shape index (κ1) is 18.8. The molecule has 1 aliphatic heterocycles. The molecule has 1 heterocycles. The Morgan fingerprint density at radius 3 is 2.10 bits per heavy atom. The van der Waals surface area contributed by atoms with E-state index in [4.69, 9.17) is 11.6 Å². The molecule has 4 aliphatic rings. The fourth-order valence-electron chi connectivity index (χ4n) is 6.41. The summed E-state index contributed by atoms with van der Waals surface area (Å²) >= 11 is 6.18. The summed E-state index contributed by atoms with van der Waals surface area (Å²) in [4.78, 5) is 29.0. The lowest BCUT2D eigenvalue weighted by atomic mass is 9.46. The van der Waals surface area contributed by atoms with Crippen LogP contribution in [0.4, 0.5) is 5.69 Å². The number of carbonyl (C=O) groups is 2. The Morgan fingerprint density at radius 2 is 1.52 bits per heavy atom. The Kier molecular flexibility index (Phi) is 3.81. The highest BCUT2D eigenvalue weighted by Gasteiger charge is 2.69. The molecule has 7 rings (SSSR count). The predicted octanol–water partition coefficient (Wildman–Crippen LogP) is 4.27. The molecule has 4 nitrogen and oxygen atoms in total. The molecule has 2 bridgehead atoms. The number of aliphatic hydroxyl groups is 1. The highest BCUT2D eigenvalue weighted by Crippen LogP contribution is 2.65. The molecule has 3 atom stereocenters. The van der Waals surface area contributed by atoms with Crippen molar-refractivity contribution in [3.8, 4) is 0 Å². The highest BCUT2D eigenvalue weighted by atomic mass is 35.5. The number of hydrogen-bond acceptors (Lipinski definition) is 3. The predicted molar refractivity (Wildman–Crippen MR) is 118 cm³/mol.